The number of aryl methyl sites for hydroxylation is 1. The van der Waals surface area contributed by atoms with Crippen LogP contribution in [-0.2, 0) is 0 Å². The third kappa shape index (κ3) is 4.00. The van der Waals surface area contributed by atoms with E-state index in [9.17, 15) is 0 Å². The molecule has 0 spiro atoms. The number of pyridine rings is 1. The molecule has 2 heterocycles. The average Bonchev–Trinajstić information content (AvgIpc) is 2.59. The van der Waals surface area contributed by atoms with Crippen LogP contribution in [-0.4, -0.2) is 26.6 Å². The van der Waals surface area contributed by atoms with Gasteiger partial charge in [0.15, 0.2) is 16.6 Å². The molecule has 0 atom stereocenters. The first kappa shape index (κ1) is 17.0. The highest BCUT2D eigenvalue weighted by molar-refractivity contribution is 7.80. The van der Waals surface area contributed by atoms with Gasteiger partial charge in [-0.25, -0.2) is 15.0 Å². The second-order valence-corrected chi connectivity index (χ2v) is 6.06. The minimum absolute atomic E-state index is 0.534. The number of hydrogen-bond acceptors (Lipinski definition) is 5. The van der Waals surface area contributed by atoms with Gasteiger partial charge in [0, 0.05) is 12.2 Å². The van der Waals surface area contributed by atoms with Crippen LogP contribution in [0.25, 0.3) is 11.2 Å². The molecule has 0 unspecified atom stereocenters. The molecule has 3 N–H and O–H groups in total. The molecule has 0 bridgehead atoms. The summed E-state index contributed by atoms with van der Waals surface area (Å²) in [6, 6.07) is 9.82. The number of anilines is 3. The Hall–Kier alpha value is -2.80. The van der Waals surface area contributed by atoms with Crippen molar-refractivity contribution in [2.24, 2.45) is 0 Å². The van der Waals surface area contributed by atoms with Crippen LogP contribution < -0.4 is 16.0 Å². The lowest BCUT2D eigenvalue weighted by Gasteiger charge is -2.11. The Bertz CT molecular complexity index is 925. The third-order valence-corrected chi connectivity index (χ3v) is 4.10. The van der Waals surface area contributed by atoms with E-state index in [4.69, 9.17) is 12.2 Å². The Kier molecular flexibility index (Phi) is 5.04. The van der Waals surface area contributed by atoms with E-state index in [0.29, 0.717) is 22.4 Å². The summed E-state index contributed by atoms with van der Waals surface area (Å²) < 4.78 is 0. The summed E-state index contributed by atoms with van der Waals surface area (Å²) in [7, 11) is 0. The summed E-state index contributed by atoms with van der Waals surface area (Å²) in [5.74, 6) is 1.29. The molecule has 25 heavy (non-hydrogen) atoms. The summed E-state index contributed by atoms with van der Waals surface area (Å²) in [5.41, 5.74) is 4.70. The first-order valence-electron chi connectivity index (χ1n) is 8.08. The van der Waals surface area contributed by atoms with Crippen molar-refractivity contribution in [3.05, 3.63) is 47.7 Å². The van der Waals surface area contributed by atoms with Crippen LogP contribution in [0, 0.1) is 13.8 Å². The van der Waals surface area contributed by atoms with Gasteiger partial charge in [-0.3, -0.25) is 0 Å². The Balaban J connectivity index is 1.87. The van der Waals surface area contributed by atoms with E-state index in [1.54, 1.807) is 6.20 Å². The number of benzene rings is 1. The smallest absolute Gasteiger partial charge is 0.182 e. The number of nitrogens with zero attached hydrogens (tertiary/aromatic N) is 3. The minimum Gasteiger partial charge on any atom is -0.363 e. The fourth-order valence-corrected chi connectivity index (χ4v) is 2.62. The number of aromatic nitrogens is 3. The van der Waals surface area contributed by atoms with Crippen LogP contribution in [0.2, 0.25) is 0 Å². The quantitative estimate of drug-likeness (QED) is 0.618. The van der Waals surface area contributed by atoms with Crippen molar-refractivity contribution in [2.75, 3.05) is 17.2 Å². The molecular weight excluding hydrogens is 332 g/mol. The lowest BCUT2D eigenvalue weighted by molar-refractivity contribution is 0.978. The van der Waals surface area contributed by atoms with Crippen molar-refractivity contribution < 1.29 is 0 Å². The zero-order chi connectivity index (χ0) is 17.8. The first-order valence-corrected chi connectivity index (χ1v) is 8.49. The molecule has 0 saturated carbocycles. The maximum Gasteiger partial charge on any atom is 0.182 e. The normalized spacial score (nSPS) is 10.5. The SMILES string of the molecule is CCNC(=S)Nc1ccc2ncc(Nc3cccc(C)c3C)nc2n1. The van der Waals surface area contributed by atoms with E-state index < -0.39 is 0 Å². The van der Waals surface area contributed by atoms with Gasteiger partial charge in [0.1, 0.15) is 11.3 Å². The van der Waals surface area contributed by atoms with Crippen molar-refractivity contribution in [1.82, 2.24) is 20.3 Å². The second kappa shape index (κ2) is 7.40. The highest BCUT2D eigenvalue weighted by Crippen LogP contribution is 2.22. The van der Waals surface area contributed by atoms with Gasteiger partial charge >= 0.3 is 0 Å². The molecule has 6 nitrogen and oxygen atoms in total. The number of nitrogens with one attached hydrogen (secondary N) is 3. The van der Waals surface area contributed by atoms with Crippen LogP contribution in [0.4, 0.5) is 17.3 Å². The van der Waals surface area contributed by atoms with Crippen molar-refractivity contribution in [1.29, 1.82) is 0 Å². The van der Waals surface area contributed by atoms with Crippen LogP contribution >= 0.6 is 12.2 Å². The Morgan fingerprint density at radius 3 is 2.68 bits per heavy atom. The van der Waals surface area contributed by atoms with Crippen LogP contribution in [0.1, 0.15) is 18.1 Å². The van der Waals surface area contributed by atoms with Gasteiger partial charge in [0.05, 0.1) is 6.20 Å². The van der Waals surface area contributed by atoms with Gasteiger partial charge in [-0.15, -0.1) is 0 Å². The fraction of sp³-hybridized carbons (Fsp3) is 0.222. The number of thiocarbonyl (C=S) groups is 1. The molecule has 2 aromatic heterocycles. The lowest BCUT2D eigenvalue weighted by Crippen LogP contribution is -2.28. The summed E-state index contributed by atoms with van der Waals surface area (Å²) >= 11 is 5.19. The molecule has 0 fully saturated rings. The van der Waals surface area contributed by atoms with Gasteiger partial charge < -0.3 is 16.0 Å². The van der Waals surface area contributed by atoms with E-state index in [0.717, 1.165) is 17.7 Å². The van der Waals surface area contributed by atoms with E-state index in [1.807, 2.05) is 31.2 Å². The summed E-state index contributed by atoms with van der Waals surface area (Å²) in [6.07, 6.45) is 1.71. The van der Waals surface area contributed by atoms with E-state index in [-0.39, 0.29) is 0 Å². The molecule has 3 rings (SSSR count). The van der Waals surface area contributed by atoms with Crippen LogP contribution in [0.15, 0.2) is 36.5 Å². The summed E-state index contributed by atoms with van der Waals surface area (Å²) in [4.78, 5) is 13.5. The Morgan fingerprint density at radius 1 is 1.08 bits per heavy atom. The third-order valence-electron chi connectivity index (χ3n) is 3.85. The second-order valence-electron chi connectivity index (χ2n) is 5.65. The summed E-state index contributed by atoms with van der Waals surface area (Å²) in [5, 5.41) is 9.92. The zero-order valence-electron chi connectivity index (χ0n) is 14.4. The molecule has 128 valence electrons. The zero-order valence-corrected chi connectivity index (χ0v) is 15.2. The maximum absolute atomic E-state index is 5.19. The number of fused-ring (bicyclic) bond motifs is 1. The van der Waals surface area contributed by atoms with Gasteiger partial charge in [-0.05, 0) is 62.3 Å². The molecule has 0 aliphatic heterocycles. The van der Waals surface area contributed by atoms with E-state index in [1.165, 1.54) is 11.1 Å². The monoisotopic (exact) mass is 352 g/mol. The predicted molar refractivity (Wildman–Crippen MR) is 106 cm³/mol. The number of rotatable bonds is 4. The van der Waals surface area contributed by atoms with Gasteiger partial charge in [0.25, 0.3) is 0 Å². The molecule has 7 heteroatoms. The predicted octanol–water partition coefficient (Wildman–Crippen LogP) is 3.69. The van der Waals surface area contributed by atoms with Gasteiger partial charge in [0.2, 0.25) is 0 Å². The Morgan fingerprint density at radius 2 is 1.88 bits per heavy atom. The van der Waals surface area contributed by atoms with Crippen LogP contribution in [0.3, 0.4) is 0 Å². The van der Waals surface area contributed by atoms with E-state index in [2.05, 4.69) is 50.8 Å². The van der Waals surface area contributed by atoms with Crippen molar-refractivity contribution in [3.63, 3.8) is 0 Å². The van der Waals surface area contributed by atoms with Gasteiger partial charge in [-0.1, -0.05) is 12.1 Å². The van der Waals surface area contributed by atoms with Crippen molar-refractivity contribution in [2.45, 2.75) is 20.8 Å². The largest absolute Gasteiger partial charge is 0.363 e. The molecule has 1 aromatic carbocycles. The Labute approximate surface area is 152 Å². The molecular formula is C18H20N6S. The van der Waals surface area contributed by atoms with Crippen molar-refractivity contribution in [3.8, 4) is 0 Å². The molecule has 0 aliphatic carbocycles. The van der Waals surface area contributed by atoms with E-state index >= 15 is 0 Å². The summed E-state index contributed by atoms with van der Waals surface area (Å²) in [6.45, 7) is 6.90. The highest BCUT2D eigenvalue weighted by atomic mass is 32.1. The fourth-order valence-electron chi connectivity index (χ4n) is 2.37. The number of hydrogen-bond donors (Lipinski definition) is 3. The highest BCUT2D eigenvalue weighted by Gasteiger charge is 2.06. The standard InChI is InChI=1S/C18H20N6S/c1-4-19-18(25)24-15-9-8-14-17(22-15)23-16(10-20-14)21-13-7-5-6-11(2)12(13)3/h5-10H,4H2,1-3H3,(H3,19,21,22,23,24,25). The van der Waals surface area contributed by atoms with Crippen LogP contribution in [0.5, 0.6) is 0 Å². The maximum atomic E-state index is 5.19. The molecule has 0 amide bonds. The first-order chi connectivity index (χ1) is 12.1. The molecule has 0 saturated heterocycles. The minimum atomic E-state index is 0.534. The van der Waals surface area contributed by atoms with Gasteiger partial charge in [-0.2, -0.15) is 0 Å². The lowest BCUT2D eigenvalue weighted by atomic mass is 10.1. The molecule has 0 radical (unpaired) electrons. The average molecular weight is 352 g/mol. The topological polar surface area (TPSA) is 74.8 Å². The molecule has 3 aromatic rings. The molecule has 0 aliphatic rings. The van der Waals surface area contributed by atoms with Crippen molar-refractivity contribution >= 4 is 45.8 Å².